The molecule has 0 aliphatic rings. The van der Waals surface area contributed by atoms with Crippen LogP contribution in [0.1, 0.15) is 95.2 Å². The highest BCUT2D eigenvalue weighted by Gasteiger charge is 2.34. The first-order valence-corrected chi connectivity index (χ1v) is 10.3. The molecule has 5 heteroatoms. The van der Waals surface area contributed by atoms with Crippen LogP contribution in [-0.2, 0) is 0 Å². The first-order chi connectivity index (χ1) is 11.8. The first-order valence-electron chi connectivity index (χ1n) is 10.3. The highest BCUT2D eigenvalue weighted by atomic mass is 16.1. The minimum Gasteiger partial charge on any atom is -0.359 e. The van der Waals surface area contributed by atoms with E-state index >= 15 is 0 Å². The average Bonchev–Trinajstić information content (AvgIpc) is 2.72. The lowest BCUT2D eigenvalue weighted by atomic mass is 10.1. The van der Waals surface area contributed by atoms with Gasteiger partial charge in [0, 0.05) is 36.3 Å². The average molecular weight is 367 g/mol. The molecule has 1 heterocycles. The SMILES string of the molecule is CC(C)N(c1c(N(C(C)C)C(C)C)n(C(C)C)n(C(C)C)c1=O)C(C)C. The summed E-state index contributed by atoms with van der Waals surface area (Å²) in [7, 11) is 0. The van der Waals surface area contributed by atoms with Crippen molar-refractivity contribution >= 4 is 11.5 Å². The molecule has 0 fully saturated rings. The van der Waals surface area contributed by atoms with Crippen LogP contribution in [0.5, 0.6) is 0 Å². The summed E-state index contributed by atoms with van der Waals surface area (Å²) in [6.07, 6.45) is 0. The molecule has 1 aromatic heterocycles. The molecule has 0 aliphatic heterocycles. The molecule has 0 aliphatic carbocycles. The number of nitrogens with zero attached hydrogens (tertiary/aromatic N) is 4. The van der Waals surface area contributed by atoms with E-state index < -0.39 is 0 Å². The zero-order valence-corrected chi connectivity index (χ0v) is 19.2. The van der Waals surface area contributed by atoms with Crippen molar-refractivity contribution in [3.63, 3.8) is 0 Å². The Kier molecular flexibility index (Phi) is 7.43. The molecule has 0 aromatic carbocycles. The van der Waals surface area contributed by atoms with Crippen LogP contribution in [0.2, 0.25) is 0 Å². The highest BCUT2D eigenvalue weighted by molar-refractivity contribution is 5.69. The third kappa shape index (κ3) is 4.12. The topological polar surface area (TPSA) is 33.4 Å². The van der Waals surface area contributed by atoms with E-state index in [9.17, 15) is 4.79 Å². The molecule has 0 N–H and O–H groups in total. The van der Waals surface area contributed by atoms with Gasteiger partial charge in [0.15, 0.2) is 5.82 Å². The van der Waals surface area contributed by atoms with Gasteiger partial charge in [0.25, 0.3) is 5.56 Å². The number of hydrogen-bond donors (Lipinski definition) is 0. The fourth-order valence-corrected chi connectivity index (χ4v) is 4.15. The van der Waals surface area contributed by atoms with E-state index in [-0.39, 0.29) is 29.7 Å². The van der Waals surface area contributed by atoms with Crippen molar-refractivity contribution < 1.29 is 0 Å². The first kappa shape index (κ1) is 22.7. The maximum absolute atomic E-state index is 13.6. The third-order valence-electron chi connectivity index (χ3n) is 4.78. The van der Waals surface area contributed by atoms with Gasteiger partial charge in [-0.15, -0.1) is 0 Å². The molecule has 0 bridgehead atoms. The molecular weight excluding hydrogens is 324 g/mol. The normalized spacial score (nSPS) is 12.5. The van der Waals surface area contributed by atoms with Gasteiger partial charge in [-0.2, -0.15) is 0 Å². The largest absolute Gasteiger partial charge is 0.359 e. The van der Waals surface area contributed by atoms with Crippen LogP contribution in [0.25, 0.3) is 0 Å². The van der Waals surface area contributed by atoms with E-state index in [0.717, 1.165) is 11.5 Å². The Morgan fingerprint density at radius 3 is 1.19 bits per heavy atom. The quantitative estimate of drug-likeness (QED) is 0.645. The number of rotatable bonds is 8. The van der Waals surface area contributed by atoms with Gasteiger partial charge in [0.05, 0.1) is 0 Å². The molecule has 0 saturated carbocycles. The summed E-state index contributed by atoms with van der Waals surface area (Å²) >= 11 is 0. The third-order valence-corrected chi connectivity index (χ3v) is 4.78. The van der Waals surface area contributed by atoms with Gasteiger partial charge in [0.2, 0.25) is 0 Å². The van der Waals surface area contributed by atoms with E-state index in [2.05, 4.69) is 97.6 Å². The predicted molar refractivity (Wildman–Crippen MR) is 115 cm³/mol. The van der Waals surface area contributed by atoms with E-state index in [1.165, 1.54) is 0 Å². The maximum atomic E-state index is 13.6. The molecule has 0 unspecified atom stereocenters. The lowest BCUT2D eigenvalue weighted by Gasteiger charge is -2.39. The molecule has 0 saturated heterocycles. The van der Waals surface area contributed by atoms with Crippen molar-refractivity contribution in [3.8, 4) is 0 Å². The van der Waals surface area contributed by atoms with Crippen LogP contribution in [0.4, 0.5) is 11.5 Å². The second kappa shape index (κ2) is 8.53. The Bertz CT molecular complexity index is 619. The minimum absolute atomic E-state index is 0.111. The molecule has 5 nitrogen and oxygen atoms in total. The summed E-state index contributed by atoms with van der Waals surface area (Å²) in [5.41, 5.74) is 0.970. The van der Waals surface area contributed by atoms with Gasteiger partial charge in [-0.25, -0.2) is 4.68 Å². The molecule has 0 radical (unpaired) electrons. The van der Waals surface area contributed by atoms with Gasteiger partial charge in [-0.05, 0) is 83.1 Å². The fraction of sp³-hybridized carbons (Fsp3) is 0.857. The molecule has 152 valence electrons. The lowest BCUT2D eigenvalue weighted by Crippen LogP contribution is -2.43. The van der Waals surface area contributed by atoms with Gasteiger partial charge in [-0.3, -0.25) is 9.48 Å². The maximum Gasteiger partial charge on any atom is 0.292 e. The number of anilines is 2. The van der Waals surface area contributed by atoms with Crippen molar-refractivity contribution in [1.82, 2.24) is 9.36 Å². The van der Waals surface area contributed by atoms with E-state index in [0.29, 0.717) is 12.1 Å². The summed E-state index contributed by atoms with van der Waals surface area (Å²) in [4.78, 5) is 18.3. The van der Waals surface area contributed by atoms with Crippen molar-refractivity contribution in [2.24, 2.45) is 0 Å². The fourth-order valence-electron chi connectivity index (χ4n) is 4.15. The zero-order chi connectivity index (χ0) is 20.5. The summed E-state index contributed by atoms with van der Waals surface area (Å²) in [6.45, 7) is 26.0. The molecule has 0 spiro atoms. The highest BCUT2D eigenvalue weighted by Crippen LogP contribution is 2.35. The lowest BCUT2D eigenvalue weighted by molar-refractivity contribution is 0.362. The number of aromatic nitrogens is 2. The Labute approximate surface area is 160 Å². The minimum atomic E-state index is 0.111. The van der Waals surface area contributed by atoms with E-state index in [1.54, 1.807) is 0 Å². The van der Waals surface area contributed by atoms with Crippen molar-refractivity contribution in [1.29, 1.82) is 0 Å². The van der Waals surface area contributed by atoms with Crippen LogP contribution in [-0.4, -0.2) is 33.5 Å². The molecule has 1 aromatic rings. The second-order valence-electron chi connectivity index (χ2n) is 9.04. The van der Waals surface area contributed by atoms with Crippen LogP contribution >= 0.6 is 0 Å². The molecule has 26 heavy (non-hydrogen) atoms. The number of hydrogen-bond acceptors (Lipinski definition) is 3. The van der Waals surface area contributed by atoms with Crippen LogP contribution < -0.4 is 15.4 Å². The summed E-state index contributed by atoms with van der Waals surface area (Å²) in [5, 5.41) is 0. The molecule has 1 rings (SSSR count). The van der Waals surface area contributed by atoms with Gasteiger partial charge in [-0.1, -0.05) is 0 Å². The van der Waals surface area contributed by atoms with Gasteiger partial charge in [0.1, 0.15) is 5.69 Å². The van der Waals surface area contributed by atoms with Crippen LogP contribution in [0.15, 0.2) is 4.79 Å². The smallest absolute Gasteiger partial charge is 0.292 e. The molecular formula is C21H42N4O. The van der Waals surface area contributed by atoms with E-state index in [4.69, 9.17) is 0 Å². The Hall–Kier alpha value is -1.39. The second-order valence-corrected chi connectivity index (χ2v) is 9.04. The van der Waals surface area contributed by atoms with Gasteiger partial charge < -0.3 is 9.80 Å². The van der Waals surface area contributed by atoms with Crippen molar-refractivity contribution in [3.05, 3.63) is 10.4 Å². The monoisotopic (exact) mass is 366 g/mol. The zero-order valence-electron chi connectivity index (χ0n) is 19.2. The Morgan fingerprint density at radius 2 is 0.923 bits per heavy atom. The standard InChI is InChI=1S/C21H42N4O/c1-13(2)22(14(3)4)19-20(23(15(5)6)16(7)8)24(17(9)10)25(18(11)12)21(19)26/h13-18H,1-12H3. The Balaban J connectivity index is 4.05. The van der Waals surface area contributed by atoms with Crippen molar-refractivity contribution in [2.45, 2.75) is 119 Å². The molecule has 0 amide bonds. The molecule has 0 atom stereocenters. The Morgan fingerprint density at radius 1 is 0.577 bits per heavy atom. The van der Waals surface area contributed by atoms with Gasteiger partial charge >= 0.3 is 0 Å². The van der Waals surface area contributed by atoms with Crippen LogP contribution in [0, 0.1) is 0 Å². The summed E-state index contributed by atoms with van der Waals surface area (Å²) < 4.78 is 4.17. The van der Waals surface area contributed by atoms with E-state index in [1.807, 2.05) is 4.68 Å². The van der Waals surface area contributed by atoms with Crippen molar-refractivity contribution in [2.75, 3.05) is 9.80 Å². The van der Waals surface area contributed by atoms with Crippen LogP contribution in [0.3, 0.4) is 0 Å². The summed E-state index contributed by atoms with van der Waals surface area (Å²) in [6, 6.07) is 1.44. The predicted octanol–water partition coefficient (Wildman–Crippen LogP) is 5.06. The summed E-state index contributed by atoms with van der Waals surface area (Å²) in [5.74, 6) is 1.06.